The lowest BCUT2D eigenvalue weighted by Crippen LogP contribution is -2.43. The van der Waals surface area contributed by atoms with Crippen LogP contribution in [0.5, 0.6) is 5.75 Å². The number of amides is 2. The average molecular weight is 367 g/mol. The van der Waals surface area contributed by atoms with Crippen LogP contribution in [-0.2, 0) is 0 Å². The summed E-state index contributed by atoms with van der Waals surface area (Å²) in [5.41, 5.74) is 2.31. The van der Waals surface area contributed by atoms with Crippen molar-refractivity contribution in [1.29, 1.82) is 0 Å². The van der Waals surface area contributed by atoms with Crippen molar-refractivity contribution in [3.05, 3.63) is 65.5 Å². The number of hydrogen-bond donors (Lipinski definition) is 0. The standard InChI is InChI=1S/C21H22FN3O2/c1-13(2)24(3)21(26)25-20(14-7-5-4-6-8-14)17-12-27-18-10-9-15(22)11-16(18)19(17)23-25/h4-11,13,17,20H,12H2,1-3H3. The van der Waals surface area contributed by atoms with Crippen LogP contribution in [0.15, 0.2) is 53.6 Å². The minimum Gasteiger partial charge on any atom is -0.492 e. The Kier molecular flexibility index (Phi) is 4.34. The first kappa shape index (κ1) is 17.5. The van der Waals surface area contributed by atoms with Crippen LogP contribution in [0.4, 0.5) is 9.18 Å². The summed E-state index contributed by atoms with van der Waals surface area (Å²) in [4.78, 5) is 14.8. The van der Waals surface area contributed by atoms with Gasteiger partial charge >= 0.3 is 6.03 Å². The minimum atomic E-state index is -0.346. The highest BCUT2D eigenvalue weighted by Gasteiger charge is 2.46. The zero-order valence-electron chi connectivity index (χ0n) is 15.6. The molecule has 27 heavy (non-hydrogen) atoms. The minimum absolute atomic E-state index is 0.0396. The maximum atomic E-state index is 13.9. The van der Waals surface area contributed by atoms with Gasteiger partial charge in [-0.2, -0.15) is 5.10 Å². The predicted octanol–water partition coefficient (Wildman–Crippen LogP) is 4.06. The second kappa shape index (κ2) is 6.68. The summed E-state index contributed by atoms with van der Waals surface area (Å²) in [6.07, 6.45) is 0. The van der Waals surface area contributed by atoms with Crippen LogP contribution in [0.3, 0.4) is 0 Å². The Balaban J connectivity index is 1.81. The van der Waals surface area contributed by atoms with E-state index in [0.717, 1.165) is 5.56 Å². The lowest BCUT2D eigenvalue weighted by Gasteiger charge is -2.32. The summed E-state index contributed by atoms with van der Waals surface area (Å²) >= 11 is 0. The summed E-state index contributed by atoms with van der Waals surface area (Å²) in [6, 6.07) is 13.8. The summed E-state index contributed by atoms with van der Waals surface area (Å²) in [5, 5.41) is 6.19. The van der Waals surface area contributed by atoms with Crippen LogP contribution in [-0.4, -0.2) is 41.3 Å². The Morgan fingerprint density at radius 2 is 2.00 bits per heavy atom. The molecule has 0 aromatic heterocycles. The highest BCUT2D eigenvalue weighted by Crippen LogP contribution is 2.43. The van der Waals surface area contributed by atoms with Crippen molar-refractivity contribution < 1.29 is 13.9 Å². The third kappa shape index (κ3) is 2.95. The van der Waals surface area contributed by atoms with Gasteiger partial charge in [0.1, 0.15) is 11.6 Å². The molecule has 0 aliphatic carbocycles. The first-order valence-corrected chi connectivity index (χ1v) is 9.09. The van der Waals surface area contributed by atoms with Gasteiger partial charge in [0.05, 0.1) is 24.3 Å². The molecular weight excluding hydrogens is 345 g/mol. The summed E-state index contributed by atoms with van der Waals surface area (Å²) in [6.45, 7) is 4.31. The van der Waals surface area contributed by atoms with Crippen LogP contribution >= 0.6 is 0 Å². The molecule has 2 aliphatic heterocycles. The normalized spacial score (nSPS) is 20.6. The lowest BCUT2D eigenvalue weighted by atomic mass is 9.86. The van der Waals surface area contributed by atoms with Gasteiger partial charge in [0.15, 0.2) is 0 Å². The van der Waals surface area contributed by atoms with Gasteiger partial charge in [-0.25, -0.2) is 14.2 Å². The van der Waals surface area contributed by atoms with E-state index in [9.17, 15) is 9.18 Å². The smallest absolute Gasteiger partial charge is 0.341 e. The van der Waals surface area contributed by atoms with Crippen LogP contribution < -0.4 is 4.74 Å². The van der Waals surface area contributed by atoms with E-state index >= 15 is 0 Å². The van der Waals surface area contributed by atoms with Crippen molar-refractivity contribution in [3.8, 4) is 5.75 Å². The number of fused-ring (bicyclic) bond motifs is 3. The fraction of sp³-hybridized carbons (Fsp3) is 0.333. The molecule has 0 saturated carbocycles. The quantitative estimate of drug-likeness (QED) is 0.804. The number of carbonyl (C=O) groups is 1. The van der Waals surface area contributed by atoms with Crippen LogP contribution in [0.2, 0.25) is 0 Å². The number of urea groups is 1. The van der Waals surface area contributed by atoms with E-state index in [-0.39, 0.29) is 29.8 Å². The number of ether oxygens (including phenoxy) is 1. The molecule has 2 amide bonds. The van der Waals surface area contributed by atoms with Crippen molar-refractivity contribution in [3.63, 3.8) is 0 Å². The van der Waals surface area contributed by atoms with E-state index in [1.54, 1.807) is 18.0 Å². The highest BCUT2D eigenvalue weighted by atomic mass is 19.1. The second-order valence-electron chi connectivity index (χ2n) is 7.23. The summed E-state index contributed by atoms with van der Waals surface area (Å²) < 4.78 is 19.7. The maximum absolute atomic E-state index is 13.9. The monoisotopic (exact) mass is 367 g/mol. The third-order valence-electron chi connectivity index (χ3n) is 5.26. The maximum Gasteiger partial charge on any atom is 0.341 e. The number of hydrazone groups is 1. The Hall–Kier alpha value is -2.89. The van der Waals surface area contributed by atoms with Crippen molar-refractivity contribution >= 4 is 11.7 Å². The molecule has 4 rings (SSSR count). The van der Waals surface area contributed by atoms with E-state index in [0.29, 0.717) is 23.6 Å². The van der Waals surface area contributed by atoms with Gasteiger partial charge in [-0.1, -0.05) is 30.3 Å². The van der Waals surface area contributed by atoms with E-state index in [1.807, 2.05) is 44.2 Å². The zero-order valence-corrected chi connectivity index (χ0v) is 15.6. The van der Waals surface area contributed by atoms with E-state index in [2.05, 4.69) is 5.10 Å². The number of nitrogens with zero attached hydrogens (tertiary/aromatic N) is 3. The van der Waals surface area contributed by atoms with Gasteiger partial charge < -0.3 is 9.64 Å². The van der Waals surface area contributed by atoms with Gasteiger partial charge in [0.25, 0.3) is 0 Å². The first-order valence-electron chi connectivity index (χ1n) is 9.09. The molecule has 0 fully saturated rings. The summed E-state index contributed by atoms with van der Waals surface area (Å²) in [7, 11) is 1.77. The number of halogens is 1. The molecule has 2 aromatic rings. The lowest BCUT2D eigenvalue weighted by molar-refractivity contribution is 0.125. The average Bonchev–Trinajstić information content (AvgIpc) is 3.07. The fourth-order valence-corrected chi connectivity index (χ4v) is 3.57. The number of carbonyl (C=O) groups excluding carboxylic acids is 1. The van der Waals surface area contributed by atoms with Crippen LogP contribution in [0, 0.1) is 11.7 Å². The molecule has 0 spiro atoms. The van der Waals surface area contributed by atoms with E-state index in [1.165, 1.54) is 17.1 Å². The molecule has 2 atom stereocenters. The molecule has 2 aromatic carbocycles. The SMILES string of the molecule is CC(C)N(C)C(=O)N1N=C2c3cc(F)ccc3OCC2C1c1ccccc1. The first-order chi connectivity index (χ1) is 13.0. The number of hydrogen-bond acceptors (Lipinski definition) is 3. The Morgan fingerprint density at radius 3 is 2.70 bits per heavy atom. The highest BCUT2D eigenvalue weighted by molar-refractivity contribution is 6.07. The van der Waals surface area contributed by atoms with Crippen molar-refractivity contribution in [2.45, 2.75) is 25.9 Å². The molecule has 0 saturated heterocycles. The van der Waals surface area contributed by atoms with Crippen molar-refractivity contribution in [1.82, 2.24) is 9.91 Å². The number of rotatable bonds is 2. The van der Waals surface area contributed by atoms with Gasteiger partial charge in [-0.15, -0.1) is 0 Å². The summed E-state index contributed by atoms with van der Waals surface area (Å²) in [5.74, 6) is 0.108. The molecular formula is C21H22FN3O2. The van der Waals surface area contributed by atoms with Crippen LogP contribution in [0.1, 0.15) is 31.0 Å². The van der Waals surface area contributed by atoms with Gasteiger partial charge in [0, 0.05) is 18.7 Å². The fourth-order valence-electron chi connectivity index (χ4n) is 3.57. The van der Waals surface area contributed by atoms with E-state index in [4.69, 9.17) is 4.74 Å². The van der Waals surface area contributed by atoms with Crippen molar-refractivity contribution in [2.24, 2.45) is 11.0 Å². The number of benzene rings is 2. The molecule has 2 aliphatic rings. The molecule has 140 valence electrons. The zero-order chi connectivity index (χ0) is 19.1. The predicted molar refractivity (Wildman–Crippen MR) is 101 cm³/mol. The topological polar surface area (TPSA) is 45.1 Å². The largest absolute Gasteiger partial charge is 0.492 e. The molecule has 2 unspecified atom stereocenters. The molecule has 0 radical (unpaired) electrons. The second-order valence-corrected chi connectivity index (χ2v) is 7.23. The van der Waals surface area contributed by atoms with E-state index < -0.39 is 0 Å². The van der Waals surface area contributed by atoms with Gasteiger partial charge in [-0.3, -0.25) is 0 Å². The molecule has 5 nitrogen and oxygen atoms in total. The van der Waals surface area contributed by atoms with Gasteiger partial charge in [-0.05, 0) is 37.6 Å². The molecule has 6 heteroatoms. The Morgan fingerprint density at radius 1 is 1.26 bits per heavy atom. The Bertz CT molecular complexity index is 898. The van der Waals surface area contributed by atoms with Crippen molar-refractivity contribution in [2.75, 3.05) is 13.7 Å². The van der Waals surface area contributed by atoms with Gasteiger partial charge in [0.2, 0.25) is 0 Å². The molecule has 2 heterocycles. The van der Waals surface area contributed by atoms with Crippen LogP contribution in [0.25, 0.3) is 0 Å². The molecule has 0 bridgehead atoms. The Labute approximate surface area is 158 Å². The third-order valence-corrected chi connectivity index (χ3v) is 5.26. The molecule has 0 N–H and O–H groups in total.